The molecule has 104 valence electrons. The molecule has 0 aromatic heterocycles. The fraction of sp³-hybridized carbons (Fsp3) is 0.455. The van der Waals surface area contributed by atoms with Crippen LogP contribution >= 0.6 is 11.6 Å². The molecule has 0 saturated carbocycles. The van der Waals surface area contributed by atoms with Gasteiger partial charge in [-0.3, -0.25) is 10.1 Å². The van der Waals surface area contributed by atoms with Crippen LogP contribution in [0.5, 0.6) is 5.75 Å². The third-order valence-corrected chi connectivity index (χ3v) is 4.91. The number of benzene rings is 1. The zero-order chi connectivity index (χ0) is 14.0. The summed E-state index contributed by atoms with van der Waals surface area (Å²) < 4.78 is 28.2. The van der Waals surface area contributed by atoms with Crippen LogP contribution in [0.25, 0.3) is 0 Å². The molecule has 1 saturated heterocycles. The van der Waals surface area contributed by atoms with Gasteiger partial charge >= 0.3 is 0 Å². The maximum absolute atomic E-state index is 11.3. The summed E-state index contributed by atoms with van der Waals surface area (Å²) in [6, 6.07) is 4.11. The average molecular weight is 306 g/mol. The summed E-state index contributed by atoms with van der Waals surface area (Å²) in [6.07, 6.45) is 0.0227. The Balaban J connectivity index is 2.19. The van der Waals surface area contributed by atoms with Crippen LogP contribution in [0.15, 0.2) is 18.2 Å². The monoisotopic (exact) mass is 305 g/mol. The molecule has 1 aromatic rings. The van der Waals surface area contributed by atoms with E-state index in [-0.39, 0.29) is 23.1 Å². The van der Waals surface area contributed by atoms with Gasteiger partial charge in [-0.05, 0) is 12.5 Å². The Bertz CT molecular complexity index is 601. The second-order valence-electron chi connectivity index (χ2n) is 4.33. The van der Waals surface area contributed by atoms with Gasteiger partial charge in [0.05, 0.1) is 22.3 Å². The highest BCUT2D eigenvalue weighted by atomic mass is 35.5. The summed E-state index contributed by atoms with van der Waals surface area (Å²) in [7, 11) is -3.02. The lowest BCUT2D eigenvalue weighted by Gasteiger charge is -2.14. The number of nitro benzene ring substituents is 1. The summed E-state index contributed by atoms with van der Waals surface area (Å²) >= 11 is 5.73. The molecule has 2 rings (SSSR count). The van der Waals surface area contributed by atoms with Crippen LogP contribution < -0.4 is 4.74 Å². The van der Waals surface area contributed by atoms with Crippen LogP contribution in [0.3, 0.4) is 0 Å². The fourth-order valence-electron chi connectivity index (χ4n) is 1.93. The Hall–Kier alpha value is -1.34. The minimum atomic E-state index is -3.02. The van der Waals surface area contributed by atoms with Crippen molar-refractivity contribution >= 4 is 27.1 Å². The lowest BCUT2D eigenvalue weighted by Crippen LogP contribution is -2.18. The van der Waals surface area contributed by atoms with Gasteiger partial charge in [-0.25, -0.2) is 8.42 Å². The van der Waals surface area contributed by atoms with E-state index in [0.717, 1.165) is 0 Å². The van der Waals surface area contributed by atoms with E-state index in [4.69, 9.17) is 16.3 Å². The Kier molecular flexibility index (Phi) is 3.96. The van der Waals surface area contributed by atoms with Crippen molar-refractivity contribution < 1.29 is 18.1 Å². The molecular formula is C11H12ClNO5S. The van der Waals surface area contributed by atoms with E-state index in [1.54, 1.807) is 0 Å². The Morgan fingerprint density at radius 2 is 2.21 bits per heavy atom. The Labute approximate surface area is 115 Å². The Morgan fingerprint density at radius 3 is 2.74 bits per heavy atom. The number of ether oxygens (including phenoxy) is 1. The number of hydrogen-bond donors (Lipinski definition) is 0. The van der Waals surface area contributed by atoms with Gasteiger partial charge in [0.1, 0.15) is 11.9 Å². The smallest absolute Gasteiger partial charge is 0.270 e. The van der Waals surface area contributed by atoms with Crippen molar-refractivity contribution in [2.45, 2.75) is 18.4 Å². The van der Waals surface area contributed by atoms with Crippen molar-refractivity contribution in [2.24, 2.45) is 0 Å². The first kappa shape index (κ1) is 14.1. The lowest BCUT2D eigenvalue weighted by atomic mass is 10.2. The maximum atomic E-state index is 11.3. The summed E-state index contributed by atoms with van der Waals surface area (Å²) in [6.45, 7) is 0. The van der Waals surface area contributed by atoms with Crippen molar-refractivity contribution in [3.63, 3.8) is 0 Å². The number of nitro groups is 1. The normalized spacial score (nSPS) is 21.2. The van der Waals surface area contributed by atoms with E-state index in [1.807, 2.05) is 0 Å². The number of non-ortho nitro benzene ring substituents is 1. The first-order valence-corrected chi connectivity index (χ1v) is 7.97. The van der Waals surface area contributed by atoms with Gasteiger partial charge in [0.15, 0.2) is 9.84 Å². The van der Waals surface area contributed by atoms with Crippen molar-refractivity contribution in [1.29, 1.82) is 0 Å². The van der Waals surface area contributed by atoms with E-state index in [1.165, 1.54) is 18.2 Å². The zero-order valence-electron chi connectivity index (χ0n) is 9.91. The SMILES string of the molecule is O=[N+]([O-])c1ccc(OC2CCS(=O)(=O)C2)c(CCl)c1. The zero-order valence-corrected chi connectivity index (χ0v) is 11.5. The van der Waals surface area contributed by atoms with E-state index in [2.05, 4.69) is 0 Å². The number of halogens is 1. The molecule has 1 unspecified atom stereocenters. The van der Waals surface area contributed by atoms with Gasteiger partial charge in [0.2, 0.25) is 0 Å². The first-order valence-electron chi connectivity index (χ1n) is 5.61. The third kappa shape index (κ3) is 3.36. The van der Waals surface area contributed by atoms with Crippen LogP contribution in [0.4, 0.5) is 5.69 Å². The molecule has 1 fully saturated rings. The largest absolute Gasteiger partial charge is 0.489 e. The first-order chi connectivity index (χ1) is 8.91. The minimum absolute atomic E-state index is 0.0221. The molecule has 0 amide bonds. The predicted octanol–water partition coefficient (Wildman–Crippen LogP) is 1.90. The number of rotatable bonds is 4. The van der Waals surface area contributed by atoms with Gasteiger partial charge in [0.25, 0.3) is 5.69 Å². The van der Waals surface area contributed by atoms with Crippen molar-refractivity contribution in [2.75, 3.05) is 11.5 Å². The van der Waals surface area contributed by atoms with Crippen molar-refractivity contribution in [3.8, 4) is 5.75 Å². The maximum Gasteiger partial charge on any atom is 0.270 e. The van der Waals surface area contributed by atoms with Gasteiger partial charge in [0, 0.05) is 17.7 Å². The third-order valence-electron chi connectivity index (χ3n) is 2.88. The van der Waals surface area contributed by atoms with E-state index in [9.17, 15) is 18.5 Å². The molecule has 1 aromatic carbocycles. The molecule has 0 spiro atoms. The van der Waals surface area contributed by atoms with Gasteiger partial charge in [-0.1, -0.05) is 0 Å². The fourth-order valence-corrected chi connectivity index (χ4v) is 3.73. The molecule has 0 aliphatic carbocycles. The number of alkyl halides is 1. The molecule has 0 N–H and O–H groups in total. The van der Waals surface area contributed by atoms with Crippen molar-refractivity contribution in [1.82, 2.24) is 0 Å². The predicted molar refractivity (Wildman–Crippen MR) is 70.3 cm³/mol. The highest BCUT2D eigenvalue weighted by molar-refractivity contribution is 7.91. The summed E-state index contributed by atoms with van der Waals surface area (Å²) in [5.74, 6) is 0.561. The highest BCUT2D eigenvalue weighted by Crippen LogP contribution is 2.28. The quantitative estimate of drug-likeness (QED) is 0.482. The average Bonchev–Trinajstić information content (AvgIpc) is 2.69. The topological polar surface area (TPSA) is 86.5 Å². The van der Waals surface area contributed by atoms with Crippen LogP contribution in [0, 0.1) is 10.1 Å². The molecule has 19 heavy (non-hydrogen) atoms. The van der Waals surface area contributed by atoms with Gasteiger partial charge in [-0.15, -0.1) is 11.6 Å². The molecule has 8 heteroatoms. The van der Waals surface area contributed by atoms with E-state index < -0.39 is 20.9 Å². The Morgan fingerprint density at radius 1 is 1.47 bits per heavy atom. The molecule has 6 nitrogen and oxygen atoms in total. The van der Waals surface area contributed by atoms with Gasteiger partial charge in [-0.2, -0.15) is 0 Å². The van der Waals surface area contributed by atoms with Crippen LogP contribution in [-0.2, 0) is 15.7 Å². The molecule has 1 aliphatic heterocycles. The van der Waals surface area contributed by atoms with E-state index in [0.29, 0.717) is 17.7 Å². The van der Waals surface area contributed by atoms with Crippen LogP contribution in [-0.4, -0.2) is 31.0 Å². The standard InChI is InChI=1S/C11H12ClNO5S/c12-6-8-5-9(13(14)15)1-2-11(8)18-10-3-4-19(16,17)7-10/h1-2,5,10H,3-4,6-7H2. The number of sulfone groups is 1. The van der Waals surface area contributed by atoms with Gasteiger partial charge < -0.3 is 4.74 Å². The summed E-state index contributed by atoms with van der Waals surface area (Å²) in [5, 5.41) is 10.7. The lowest BCUT2D eigenvalue weighted by molar-refractivity contribution is -0.384. The molecule has 1 aliphatic rings. The molecule has 0 bridgehead atoms. The molecular weight excluding hydrogens is 294 g/mol. The summed E-state index contributed by atoms with van der Waals surface area (Å²) in [4.78, 5) is 10.1. The van der Waals surface area contributed by atoms with Crippen LogP contribution in [0.1, 0.15) is 12.0 Å². The van der Waals surface area contributed by atoms with E-state index >= 15 is 0 Å². The second kappa shape index (κ2) is 5.34. The molecule has 1 heterocycles. The number of hydrogen-bond acceptors (Lipinski definition) is 5. The second-order valence-corrected chi connectivity index (χ2v) is 6.82. The summed E-state index contributed by atoms with van der Waals surface area (Å²) in [5.41, 5.74) is 0.419. The number of nitrogens with zero attached hydrogens (tertiary/aromatic N) is 1. The minimum Gasteiger partial charge on any atom is -0.489 e. The molecule has 0 radical (unpaired) electrons. The van der Waals surface area contributed by atoms with Crippen LogP contribution in [0.2, 0.25) is 0 Å². The molecule has 1 atom stereocenters. The van der Waals surface area contributed by atoms with Crippen molar-refractivity contribution in [3.05, 3.63) is 33.9 Å². The highest BCUT2D eigenvalue weighted by Gasteiger charge is 2.30.